The topological polar surface area (TPSA) is 198 Å². The standard InChI is InChI=1S/C41H45N6O9P/c1-3-56-57(54,26-42-38(48)27(2)43-41(51)55-25-35-33-16-9-7-14-31(33)32-15-8-10-17-34(32)35)46-23-11-18-37(46)40(50)45-36(24-28-12-5-4-6-13-28)39(49)44-29-19-21-30(22-20-29)47(52)53/h4-10,12-17,19-22,27,35-37H,3,11,18,23-26H2,1-2H3,(H,42,48)(H,43,51)(H,44,49)(H,45,50)/t27-,36-,37-,57+/m0/s1. The van der Waals surface area contributed by atoms with E-state index in [1.54, 1.807) is 6.92 Å². The first-order valence-corrected chi connectivity index (χ1v) is 20.5. The number of carbonyl (C=O) groups is 4. The molecule has 6 rings (SSSR count). The molecule has 0 unspecified atom stereocenters. The number of benzene rings is 4. The monoisotopic (exact) mass is 796 g/mol. The van der Waals surface area contributed by atoms with Crippen molar-refractivity contribution in [2.24, 2.45) is 0 Å². The molecule has 0 spiro atoms. The van der Waals surface area contributed by atoms with Crippen LogP contribution in [0.15, 0.2) is 103 Å². The van der Waals surface area contributed by atoms with E-state index >= 15 is 0 Å². The van der Waals surface area contributed by atoms with Crippen molar-refractivity contribution in [1.82, 2.24) is 20.6 Å². The highest BCUT2D eigenvalue weighted by atomic mass is 31.2. The summed E-state index contributed by atoms with van der Waals surface area (Å²) in [6.45, 7) is 3.45. The Kier molecular flexibility index (Phi) is 13.1. The number of non-ortho nitro benzene ring substituents is 1. The molecule has 4 amide bonds. The molecule has 1 saturated heterocycles. The van der Waals surface area contributed by atoms with Crippen LogP contribution in [0.5, 0.6) is 0 Å². The highest BCUT2D eigenvalue weighted by Crippen LogP contribution is 2.53. The smallest absolute Gasteiger partial charge is 0.407 e. The average molecular weight is 797 g/mol. The molecule has 4 aromatic rings. The number of nitrogens with one attached hydrogen (secondary N) is 4. The molecule has 2 aliphatic rings. The van der Waals surface area contributed by atoms with E-state index in [1.807, 2.05) is 78.9 Å². The number of ether oxygens (including phenoxy) is 1. The first kappa shape index (κ1) is 40.8. The molecule has 4 aromatic carbocycles. The minimum atomic E-state index is -3.85. The van der Waals surface area contributed by atoms with Crippen LogP contribution in [0.25, 0.3) is 11.1 Å². The number of amides is 4. The second kappa shape index (κ2) is 18.4. The van der Waals surface area contributed by atoms with Gasteiger partial charge in [0.2, 0.25) is 17.7 Å². The third-order valence-corrected chi connectivity index (χ3v) is 12.5. The maximum atomic E-state index is 14.4. The van der Waals surface area contributed by atoms with Crippen molar-refractivity contribution in [1.29, 1.82) is 0 Å². The molecule has 1 fully saturated rings. The van der Waals surface area contributed by atoms with Crippen molar-refractivity contribution >= 4 is 42.7 Å². The summed E-state index contributed by atoms with van der Waals surface area (Å²) in [6, 6.07) is 27.2. The molecule has 15 nitrogen and oxygen atoms in total. The maximum Gasteiger partial charge on any atom is 0.407 e. The van der Waals surface area contributed by atoms with Crippen molar-refractivity contribution in [2.75, 3.05) is 31.4 Å². The fourth-order valence-electron chi connectivity index (χ4n) is 7.23. The van der Waals surface area contributed by atoms with Crippen molar-refractivity contribution in [2.45, 2.75) is 57.2 Å². The zero-order valence-electron chi connectivity index (χ0n) is 31.6. The fraction of sp³-hybridized carbons (Fsp3) is 0.317. The van der Waals surface area contributed by atoms with Crippen LogP contribution in [0.4, 0.5) is 16.2 Å². The lowest BCUT2D eigenvalue weighted by Gasteiger charge is -2.32. The average Bonchev–Trinajstić information content (AvgIpc) is 3.84. The Balaban J connectivity index is 1.06. The van der Waals surface area contributed by atoms with Crippen LogP contribution in [0, 0.1) is 10.1 Å². The quantitative estimate of drug-likeness (QED) is 0.0597. The van der Waals surface area contributed by atoms with Crippen molar-refractivity contribution < 1.29 is 37.9 Å². The molecule has 1 aliphatic carbocycles. The number of fused-ring (bicyclic) bond motifs is 3. The van der Waals surface area contributed by atoms with Crippen molar-refractivity contribution in [3.8, 4) is 11.1 Å². The lowest BCUT2D eigenvalue weighted by atomic mass is 9.98. The lowest BCUT2D eigenvalue weighted by Crippen LogP contribution is -2.51. The molecule has 0 aromatic heterocycles. The van der Waals surface area contributed by atoms with E-state index in [0.29, 0.717) is 18.5 Å². The summed E-state index contributed by atoms with van der Waals surface area (Å²) in [5, 5.41) is 21.8. The summed E-state index contributed by atoms with van der Waals surface area (Å²) in [6.07, 6.45) is -0.272. The van der Waals surface area contributed by atoms with Crippen LogP contribution in [-0.2, 0) is 34.6 Å². The number of anilines is 1. The van der Waals surface area contributed by atoms with Crippen LogP contribution >= 0.6 is 7.52 Å². The van der Waals surface area contributed by atoms with Gasteiger partial charge in [0.15, 0.2) is 0 Å². The number of nitro groups is 1. The van der Waals surface area contributed by atoms with Gasteiger partial charge in [-0.1, -0.05) is 78.9 Å². The molecule has 0 saturated carbocycles. The first-order chi connectivity index (χ1) is 27.5. The highest BCUT2D eigenvalue weighted by molar-refractivity contribution is 7.56. The summed E-state index contributed by atoms with van der Waals surface area (Å²) in [5.74, 6) is -1.89. The maximum absolute atomic E-state index is 14.4. The Morgan fingerprint density at radius 3 is 2.14 bits per heavy atom. The second-order valence-electron chi connectivity index (χ2n) is 13.8. The van der Waals surface area contributed by atoms with Gasteiger partial charge < -0.3 is 30.5 Å². The summed E-state index contributed by atoms with van der Waals surface area (Å²) < 4.78 is 27.2. The van der Waals surface area contributed by atoms with E-state index < -0.39 is 60.7 Å². The third-order valence-electron chi connectivity index (χ3n) is 10.0. The van der Waals surface area contributed by atoms with Gasteiger partial charge in [-0.3, -0.25) is 29.1 Å². The number of hydrogen-bond acceptors (Lipinski definition) is 9. The van der Waals surface area contributed by atoms with Gasteiger partial charge in [0.05, 0.1) is 17.6 Å². The van der Waals surface area contributed by atoms with Crippen molar-refractivity contribution in [3.63, 3.8) is 0 Å². The number of alkyl carbamates (subject to hydrolysis) is 1. The first-order valence-electron chi connectivity index (χ1n) is 18.8. The molecule has 4 N–H and O–H groups in total. The molecule has 0 radical (unpaired) electrons. The number of nitro benzene ring substituents is 1. The van der Waals surface area contributed by atoms with Gasteiger partial charge in [-0.05, 0) is 66.6 Å². The molecule has 57 heavy (non-hydrogen) atoms. The molecule has 1 aliphatic heterocycles. The fourth-order valence-corrected chi connectivity index (χ4v) is 9.50. The van der Waals surface area contributed by atoms with Crippen LogP contribution in [0.1, 0.15) is 49.3 Å². The van der Waals surface area contributed by atoms with E-state index in [0.717, 1.165) is 27.8 Å². The molecular formula is C41H45N6O9P. The number of nitrogens with zero attached hydrogens (tertiary/aromatic N) is 2. The summed E-state index contributed by atoms with van der Waals surface area (Å²) in [7, 11) is -3.85. The van der Waals surface area contributed by atoms with Gasteiger partial charge in [-0.2, -0.15) is 0 Å². The third kappa shape index (κ3) is 9.74. The van der Waals surface area contributed by atoms with E-state index in [1.165, 1.54) is 35.9 Å². The van der Waals surface area contributed by atoms with Gasteiger partial charge in [-0.25, -0.2) is 9.46 Å². The molecule has 16 heteroatoms. The van der Waals surface area contributed by atoms with E-state index in [9.17, 15) is 33.9 Å². The van der Waals surface area contributed by atoms with Crippen LogP contribution in [-0.4, -0.2) is 77.6 Å². The molecule has 0 bridgehead atoms. The summed E-state index contributed by atoms with van der Waals surface area (Å²) in [4.78, 5) is 64.1. The minimum Gasteiger partial charge on any atom is -0.449 e. The Hall–Kier alpha value is -5.89. The molecule has 4 atom stereocenters. The van der Waals surface area contributed by atoms with Gasteiger partial charge in [-0.15, -0.1) is 0 Å². The van der Waals surface area contributed by atoms with E-state index in [-0.39, 0.29) is 37.8 Å². The zero-order valence-corrected chi connectivity index (χ0v) is 32.5. The van der Waals surface area contributed by atoms with Gasteiger partial charge in [0, 0.05) is 36.7 Å². The zero-order chi connectivity index (χ0) is 40.5. The van der Waals surface area contributed by atoms with Gasteiger partial charge >= 0.3 is 6.09 Å². The Labute approximate surface area is 330 Å². The predicted molar refractivity (Wildman–Crippen MR) is 213 cm³/mol. The molecular weight excluding hydrogens is 751 g/mol. The minimum absolute atomic E-state index is 0.0276. The lowest BCUT2D eigenvalue weighted by molar-refractivity contribution is -0.384. The van der Waals surface area contributed by atoms with E-state index in [4.69, 9.17) is 9.26 Å². The Morgan fingerprint density at radius 2 is 1.51 bits per heavy atom. The number of hydrogen-bond donors (Lipinski definition) is 4. The van der Waals surface area contributed by atoms with Gasteiger partial charge in [0.1, 0.15) is 25.0 Å². The predicted octanol–water partition coefficient (Wildman–Crippen LogP) is 5.96. The van der Waals surface area contributed by atoms with Crippen molar-refractivity contribution in [3.05, 3.63) is 130 Å². The summed E-state index contributed by atoms with van der Waals surface area (Å²) in [5.41, 5.74) is 5.21. The molecule has 1 heterocycles. The Bertz CT molecular complexity index is 2110. The summed E-state index contributed by atoms with van der Waals surface area (Å²) >= 11 is 0. The largest absolute Gasteiger partial charge is 0.449 e. The number of carbonyl (C=O) groups excluding carboxylic acids is 4. The highest BCUT2D eigenvalue weighted by Gasteiger charge is 2.44. The molecule has 298 valence electrons. The SMILES string of the molecule is CCO[P@](=O)(CNC(=O)[C@H](C)NC(=O)OCC1c2ccccc2-c2ccccc21)N1CCC[C@H]1C(=O)N[C@@H](Cc1ccccc1)C(=O)Nc1ccc([N+](=O)[O-])cc1. The van der Waals surface area contributed by atoms with Crippen LogP contribution < -0.4 is 21.3 Å². The van der Waals surface area contributed by atoms with E-state index in [2.05, 4.69) is 21.3 Å². The Morgan fingerprint density at radius 1 is 0.877 bits per heavy atom. The second-order valence-corrected chi connectivity index (χ2v) is 16.2. The van der Waals surface area contributed by atoms with Gasteiger partial charge in [0.25, 0.3) is 13.2 Å². The van der Waals surface area contributed by atoms with Crippen LogP contribution in [0.2, 0.25) is 0 Å². The van der Waals surface area contributed by atoms with Crippen LogP contribution in [0.3, 0.4) is 0 Å². The normalized spacial score (nSPS) is 16.9. The number of rotatable bonds is 16.